The Morgan fingerprint density at radius 2 is 1.88 bits per heavy atom. The normalized spacial score (nSPS) is 28.9. The van der Waals surface area contributed by atoms with Gasteiger partial charge in [0.1, 0.15) is 0 Å². The minimum atomic E-state index is 0.419. The number of carbonyl (C=O) groups excluding carboxylic acids is 1. The molecule has 0 aromatic rings. The van der Waals surface area contributed by atoms with E-state index in [1.807, 2.05) is 0 Å². The number of nitrogens with zero attached hydrogens (tertiary/aromatic N) is 1. The Hall–Kier alpha value is -0.0500. The van der Waals surface area contributed by atoms with Crippen molar-refractivity contribution in [3.8, 4) is 0 Å². The molecule has 0 spiro atoms. The lowest BCUT2D eigenvalue weighted by Gasteiger charge is -2.44. The first-order chi connectivity index (χ1) is 8.33. The molecule has 17 heavy (non-hydrogen) atoms. The zero-order valence-electron chi connectivity index (χ0n) is 10.7. The first-order valence-corrected chi connectivity index (χ1v) is 8.30. The number of unbranched alkanes of at least 4 members (excludes halogenated alkanes) is 1. The predicted octanol–water partition coefficient (Wildman–Crippen LogP) is 3.73. The summed E-state index contributed by atoms with van der Waals surface area (Å²) in [5.74, 6) is 1.24. The SMILES string of the molecule is O=C(CCCCBr)N1CCC[C@H]2CCCC[C@H]21. The highest BCUT2D eigenvalue weighted by atomic mass is 79.9. The number of alkyl halides is 1. The smallest absolute Gasteiger partial charge is 0.222 e. The lowest BCUT2D eigenvalue weighted by atomic mass is 9.78. The van der Waals surface area contributed by atoms with Gasteiger partial charge < -0.3 is 4.90 Å². The van der Waals surface area contributed by atoms with Crippen LogP contribution in [0.2, 0.25) is 0 Å². The molecule has 1 heterocycles. The quantitative estimate of drug-likeness (QED) is 0.572. The van der Waals surface area contributed by atoms with Gasteiger partial charge in [-0.1, -0.05) is 28.8 Å². The van der Waals surface area contributed by atoms with Crippen LogP contribution in [0, 0.1) is 5.92 Å². The number of piperidine rings is 1. The van der Waals surface area contributed by atoms with Crippen molar-refractivity contribution in [3.05, 3.63) is 0 Å². The second-order valence-corrected chi connectivity index (χ2v) is 6.28. The number of halogens is 1. The molecular weight excluding hydrogens is 278 g/mol. The van der Waals surface area contributed by atoms with E-state index in [1.54, 1.807) is 0 Å². The topological polar surface area (TPSA) is 20.3 Å². The predicted molar refractivity (Wildman–Crippen MR) is 74.3 cm³/mol. The molecule has 1 saturated carbocycles. The Bertz CT molecular complexity index is 255. The highest BCUT2D eigenvalue weighted by molar-refractivity contribution is 9.09. The first-order valence-electron chi connectivity index (χ1n) is 7.18. The van der Waals surface area contributed by atoms with Crippen LogP contribution in [0.5, 0.6) is 0 Å². The molecule has 1 amide bonds. The summed E-state index contributed by atoms with van der Waals surface area (Å²) in [6.45, 7) is 1.02. The summed E-state index contributed by atoms with van der Waals surface area (Å²) < 4.78 is 0. The average Bonchev–Trinajstić information content (AvgIpc) is 2.38. The van der Waals surface area contributed by atoms with Gasteiger partial charge in [0.2, 0.25) is 5.91 Å². The lowest BCUT2D eigenvalue weighted by Crippen LogP contribution is -2.49. The van der Waals surface area contributed by atoms with Crippen LogP contribution in [-0.4, -0.2) is 28.7 Å². The number of likely N-dealkylation sites (tertiary alicyclic amines) is 1. The molecule has 0 radical (unpaired) electrons. The number of amides is 1. The van der Waals surface area contributed by atoms with Crippen molar-refractivity contribution in [2.75, 3.05) is 11.9 Å². The van der Waals surface area contributed by atoms with Gasteiger partial charge in [0.05, 0.1) is 0 Å². The monoisotopic (exact) mass is 301 g/mol. The van der Waals surface area contributed by atoms with E-state index in [0.29, 0.717) is 11.9 Å². The van der Waals surface area contributed by atoms with Gasteiger partial charge in [-0.15, -0.1) is 0 Å². The molecule has 2 atom stereocenters. The zero-order chi connectivity index (χ0) is 12.1. The van der Waals surface area contributed by atoms with Crippen molar-refractivity contribution in [1.29, 1.82) is 0 Å². The van der Waals surface area contributed by atoms with E-state index in [1.165, 1.54) is 38.5 Å². The van der Waals surface area contributed by atoms with E-state index in [2.05, 4.69) is 20.8 Å². The molecule has 1 saturated heterocycles. The number of hydrogen-bond acceptors (Lipinski definition) is 1. The summed E-state index contributed by atoms with van der Waals surface area (Å²) in [7, 11) is 0. The van der Waals surface area contributed by atoms with E-state index >= 15 is 0 Å². The van der Waals surface area contributed by atoms with Crippen molar-refractivity contribution in [2.45, 2.75) is 63.8 Å². The molecule has 0 unspecified atom stereocenters. The maximum atomic E-state index is 12.2. The standard InChI is InChI=1S/C14H24BrNO/c15-10-4-3-9-14(17)16-11-5-7-12-6-1-2-8-13(12)16/h12-13H,1-11H2/t12-,13-/m1/s1. The van der Waals surface area contributed by atoms with Crippen molar-refractivity contribution in [2.24, 2.45) is 5.92 Å². The van der Waals surface area contributed by atoms with Crippen LogP contribution in [0.15, 0.2) is 0 Å². The molecule has 0 aromatic carbocycles. The van der Waals surface area contributed by atoms with Gasteiger partial charge in [-0.2, -0.15) is 0 Å². The Morgan fingerprint density at radius 3 is 2.71 bits per heavy atom. The van der Waals surface area contributed by atoms with Crippen molar-refractivity contribution < 1.29 is 4.79 Å². The van der Waals surface area contributed by atoms with Crippen molar-refractivity contribution in [3.63, 3.8) is 0 Å². The second-order valence-electron chi connectivity index (χ2n) is 5.49. The van der Waals surface area contributed by atoms with Crippen LogP contribution in [0.25, 0.3) is 0 Å². The number of carbonyl (C=O) groups is 1. The molecule has 1 aliphatic heterocycles. The largest absolute Gasteiger partial charge is 0.339 e. The minimum Gasteiger partial charge on any atom is -0.339 e. The molecule has 1 aliphatic carbocycles. The lowest BCUT2D eigenvalue weighted by molar-refractivity contribution is -0.137. The van der Waals surface area contributed by atoms with Crippen molar-refractivity contribution >= 4 is 21.8 Å². The fourth-order valence-corrected chi connectivity index (χ4v) is 3.85. The molecule has 2 fully saturated rings. The average molecular weight is 302 g/mol. The van der Waals surface area contributed by atoms with Crippen LogP contribution in [0.3, 0.4) is 0 Å². The molecule has 2 aliphatic rings. The summed E-state index contributed by atoms with van der Waals surface area (Å²) in [4.78, 5) is 14.5. The molecule has 0 aromatic heterocycles. The van der Waals surface area contributed by atoms with E-state index < -0.39 is 0 Å². The number of rotatable bonds is 4. The molecule has 98 valence electrons. The third-order valence-corrected chi connectivity index (χ3v) is 4.90. The fourth-order valence-electron chi connectivity index (χ4n) is 3.45. The second kappa shape index (κ2) is 6.77. The molecule has 2 rings (SSSR count). The Morgan fingerprint density at radius 1 is 1.12 bits per heavy atom. The zero-order valence-corrected chi connectivity index (χ0v) is 12.3. The van der Waals surface area contributed by atoms with Crippen molar-refractivity contribution in [1.82, 2.24) is 4.90 Å². The van der Waals surface area contributed by atoms with Gasteiger partial charge in [-0.25, -0.2) is 0 Å². The van der Waals surface area contributed by atoms with Gasteiger partial charge in [-0.3, -0.25) is 4.79 Å². The summed E-state index contributed by atoms with van der Waals surface area (Å²) in [5, 5.41) is 1.02. The molecular formula is C14H24BrNO. The Balaban J connectivity index is 1.87. The fraction of sp³-hybridized carbons (Fsp3) is 0.929. The highest BCUT2D eigenvalue weighted by Gasteiger charge is 2.35. The van der Waals surface area contributed by atoms with E-state index in [4.69, 9.17) is 0 Å². The van der Waals surface area contributed by atoms with Crippen LogP contribution in [-0.2, 0) is 4.79 Å². The maximum Gasteiger partial charge on any atom is 0.222 e. The van der Waals surface area contributed by atoms with Gasteiger partial charge in [0.15, 0.2) is 0 Å². The molecule has 3 heteroatoms. The summed E-state index contributed by atoms with van der Waals surface area (Å²) in [5.41, 5.74) is 0. The van der Waals surface area contributed by atoms with E-state index in [9.17, 15) is 4.79 Å². The third kappa shape index (κ3) is 3.46. The molecule has 2 nitrogen and oxygen atoms in total. The Kier molecular flexibility index (Phi) is 5.33. The summed E-state index contributed by atoms with van der Waals surface area (Å²) in [6.07, 6.45) is 10.8. The van der Waals surface area contributed by atoms with Crippen LogP contribution >= 0.6 is 15.9 Å². The van der Waals surface area contributed by atoms with Gasteiger partial charge in [0, 0.05) is 24.3 Å². The highest BCUT2D eigenvalue weighted by Crippen LogP contribution is 2.35. The van der Waals surface area contributed by atoms with Gasteiger partial charge in [-0.05, 0) is 44.4 Å². The summed E-state index contributed by atoms with van der Waals surface area (Å²) in [6, 6.07) is 0.592. The Labute approximate surface area is 113 Å². The third-order valence-electron chi connectivity index (χ3n) is 4.34. The number of hydrogen-bond donors (Lipinski definition) is 0. The van der Waals surface area contributed by atoms with E-state index in [0.717, 1.165) is 37.1 Å². The molecule has 0 N–H and O–H groups in total. The van der Waals surface area contributed by atoms with E-state index in [-0.39, 0.29) is 0 Å². The van der Waals surface area contributed by atoms with Gasteiger partial charge in [0.25, 0.3) is 0 Å². The van der Waals surface area contributed by atoms with Crippen LogP contribution < -0.4 is 0 Å². The van der Waals surface area contributed by atoms with Crippen LogP contribution in [0.1, 0.15) is 57.8 Å². The maximum absolute atomic E-state index is 12.2. The first kappa shape index (κ1) is 13.4. The summed E-state index contributed by atoms with van der Waals surface area (Å²) >= 11 is 3.43. The van der Waals surface area contributed by atoms with Gasteiger partial charge >= 0.3 is 0 Å². The van der Waals surface area contributed by atoms with Crippen LogP contribution in [0.4, 0.5) is 0 Å². The minimum absolute atomic E-state index is 0.419. The number of fused-ring (bicyclic) bond motifs is 1. The molecule has 0 bridgehead atoms.